The van der Waals surface area contributed by atoms with Crippen molar-refractivity contribution in [3.8, 4) is 17.1 Å². The lowest BCUT2D eigenvalue weighted by molar-refractivity contribution is 0.102. The highest BCUT2D eigenvalue weighted by molar-refractivity contribution is 7.99. The number of thioether (sulfide) groups is 1. The molecule has 176 valence electrons. The molecule has 0 N–H and O–H groups in total. The fourth-order valence-electron chi connectivity index (χ4n) is 4.14. The van der Waals surface area contributed by atoms with Crippen LogP contribution in [-0.4, -0.2) is 30.9 Å². The van der Waals surface area contributed by atoms with Gasteiger partial charge in [-0.15, -0.1) is 10.2 Å². The molecule has 3 heterocycles. The molecule has 0 fully saturated rings. The van der Waals surface area contributed by atoms with Crippen LogP contribution >= 0.6 is 11.8 Å². The maximum atomic E-state index is 13.4. The Labute approximate surface area is 206 Å². The standard InChI is InChI=1S/C27H23FN4O2S/c1-18-15-24(19(2)32(18)22-12-10-21(28)11-13-22)25(33)17-35-27-30-29-26(20-7-4-3-5-8-20)31(27)16-23-9-6-14-34-23/h3-15H,16-17H2,1-2H3. The molecule has 0 amide bonds. The fraction of sp³-hybridized carbons (Fsp3) is 0.148. The van der Waals surface area contributed by atoms with Crippen LogP contribution in [0.2, 0.25) is 0 Å². The third-order valence-electron chi connectivity index (χ3n) is 5.79. The molecule has 0 atom stereocenters. The molecule has 3 aromatic heterocycles. The number of rotatable bonds is 8. The Bertz CT molecular complexity index is 1460. The lowest BCUT2D eigenvalue weighted by atomic mass is 10.2. The quantitative estimate of drug-likeness (QED) is 0.196. The molecule has 0 unspecified atom stereocenters. The van der Waals surface area contributed by atoms with Crippen LogP contribution in [-0.2, 0) is 6.54 Å². The molecule has 5 rings (SSSR count). The second kappa shape index (κ2) is 9.76. The predicted molar refractivity (Wildman–Crippen MR) is 134 cm³/mol. The van der Waals surface area contributed by atoms with Gasteiger partial charge in [-0.2, -0.15) is 0 Å². The molecule has 2 aromatic carbocycles. The van der Waals surface area contributed by atoms with E-state index in [2.05, 4.69) is 10.2 Å². The van der Waals surface area contributed by atoms with Gasteiger partial charge in [-0.05, 0) is 56.3 Å². The summed E-state index contributed by atoms with van der Waals surface area (Å²) >= 11 is 1.35. The van der Waals surface area contributed by atoms with Gasteiger partial charge in [0.15, 0.2) is 16.8 Å². The van der Waals surface area contributed by atoms with E-state index < -0.39 is 0 Å². The summed E-state index contributed by atoms with van der Waals surface area (Å²) in [5.41, 5.74) is 4.13. The van der Waals surface area contributed by atoms with Crippen LogP contribution in [0.5, 0.6) is 0 Å². The summed E-state index contributed by atoms with van der Waals surface area (Å²) in [6.07, 6.45) is 1.63. The van der Waals surface area contributed by atoms with Gasteiger partial charge >= 0.3 is 0 Å². The number of furan rings is 1. The van der Waals surface area contributed by atoms with Gasteiger partial charge in [0, 0.05) is 28.2 Å². The minimum atomic E-state index is -0.294. The average Bonchev–Trinajstić information content (AvgIpc) is 3.59. The van der Waals surface area contributed by atoms with E-state index in [-0.39, 0.29) is 17.4 Å². The van der Waals surface area contributed by atoms with Crippen LogP contribution in [0.25, 0.3) is 17.1 Å². The number of hydrogen-bond acceptors (Lipinski definition) is 5. The van der Waals surface area contributed by atoms with Crippen LogP contribution in [0.15, 0.2) is 88.6 Å². The Morgan fingerprint density at radius 2 is 1.77 bits per heavy atom. The molecular formula is C27H23FN4O2S. The summed E-state index contributed by atoms with van der Waals surface area (Å²) < 4.78 is 22.9. The number of nitrogens with zero attached hydrogens (tertiary/aromatic N) is 4. The number of carbonyl (C=O) groups excluding carboxylic acids is 1. The van der Waals surface area contributed by atoms with E-state index in [1.807, 2.05) is 71.5 Å². The van der Waals surface area contributed by atoms with Gasteiger partial charge in [0.1, 0.15) is 11.6 Å². The van der Waals surface area contributed by atoms with Crippen molar-refractivity contribution < 1.29 is 13.6 Å². The Morgan fingerprint density at radius 1 is 1.00 bits per heavy atom. The van der Waals surface area contributed by atoms with E-state index in [0.717, 1.165) is 28.4 Å². The number of ketones is 1. The topological polar surface area (TPSA) is 65.8 Å². The summed E-state index contributed by atoms with van der Waals surface area (Å²) in [6.45, 7) is 4.30. The highest BCUT2D eigenvalue weighted by atomic mass is 32.2. The van der Waals surface area contributed by atoms with Crippen molar-refractivity contribution in [2.45, 2.75) is 25.5 Å². The zero-order valence-corrected chi connectivity index (χ0v) is 20.1. The Kier molecular flexibility index (Phi) is 6.37. The van der Waals surface area contributed by atoms with E-state index >= 15 is 0 Å². The minimum Gasteiger partial charge on any atom is -0.467 e. The monoisotopic (exact) mass is 486 g/mol. The molecule has 0 spiro atoms. The van der Waals surface area contributed by atoms with E-state index in [1.165, 1.54) is 23.9 Å². The fourth-order valence-corrected chi connectivity index (χ4v) is 4.96. The molecule has 0 bridgehead atoms. The van der Waals surface area contributed by atoms with E-state index in [0.29, 0.717) is 23.1 Å². The molecule has 6 nitrogen and oxygen atoms in total. The van der Waals surface area contributed by atoms with Gasteiger partial charge in [0.25, 0.3) is 0 Å². The molecule has 5 aromatic rings. The van der Waals surface area contributed by atoms with Crippen LogP contribution in [0.3, 0.4) is 0 Å². The Morgan fingerprint density at radius 3 is 2.49 bits per heavy atom. The maximum absolute atomic E-state index is 13.4. The summed E-state index contributed by atoms with van der Waals surface area (Å²) in [5.74, 6) is 1.39. The molecule has 8 heteroatoms. The summed E-state index contributed by atoms with van der Waals surface area (Å²) in [5, 5.41) is 9.43. The van der Waals surface area contributed by atoms with Crippen molar-refractivity contribution in [1.82, 2.24) is 19.3 Å². The lowest BCUT2D eigenvalue weighted by Crippen LogP contribution is -2.08. The average molecular weight is 487 g/mol. The number of Topliss-reactive ketones (excluding diaryl/α,β-unsaturated/α-hetero) is 1. The third-order valence-corrected chi connectivity index (χ3v) is 6.76. The van der Waals surface area contributed by atoms with Crippen molar-refractivity contribution in [3.05, 3.63) is 108 Å². The number of hydrogen-bond donors (Lipinski definition) is 0. The second-order valence-corrected chi connectivity index (χ2v) is 9.09. The smallest absolute Gasteiger partial charge is 0.192 e. The number of benzene rings is 2. The van der Waals surface area contributed by atoms with Crippen molar-refractivity contribution in [2.24, 2.45) is 0 Å². The van der Waals surface area contributed by atoms with Crippen molar-refractivity contribution in [2.75, 3.05) is 5.75 Å². The predicted octanol–water partition coefficient (Wildman–Crippen LogP) is 6.11. The van der Waals surface area contributed by atoms with Crippen molar-refractivity contribution in [1.29, 1.82) is 0 Å². The Balaban J connectivity index is 1.40. The first-order chi connectivity index (χ1) is 17.0. The van der Waals surface area contributed by atoms with Crippen molar-refractivity contribution >= 4 is 17.5 Å². The van der Waals surface area contributed by atoms with E-state index in [1.54, 1.807) is 18.4 Å². The maximum Gasteiger partial charge on any atom is 0.192 e. The SMILES string of the molecule is Cc1cc(C(=O)CSc2nnc(-c3ccccc3)n2Cc2ccco2)c(C)n1-c1ccc(F)cc1. The molecule has 0 aliphatic carbocycles. The highest BCUT2D eigenvalue weighted by Crippen LogP contribution is 2.27. The normalized spacial score (nSPS) is 11.2. The lowest BCUT2D eigenvalue weighted by Gasteiger charge is -2.10. The van der Waals surface area contributed by atoms with Crippen LogP contribution < -0.4 is 0 Å². The summed E-state index contributed by atoms with van der Waals surface area (Å²) in [4.78, 5) is 13.2. The van der Waals surface area contributed by atoms with Gasteiger partial charge < -0.3 is 8.98 Å². The van der Waals surface area contributed by atoms with Crippen molar-refractivity contribution in [3.63, 3.8) is 0 Å². The first-order valence-electron chi connectivity index (χ1n) is 11.1. The molecule has 0 radical (unpaired) electrons. The first-order valence-corrected chi connectivity index (χ1v) is 12.1. The van der Waals surface area contributed by atoms with Crippen LogP contribution in [0.4, 0.5) is 4.39 Å². The number of aromatic nitrogens is 4. The van der Waals surface area contributed by atoms with Gasteiger partial charge in [-0.3, -0.25) is 9.36 Å². The van der Waals surface area contributed by atoms with Gasteiger partial charge in [0.05, 0.1) is 18.6 Å². The molecule has 35 heavy (non-hydrogen) atoms. The van der Waals surface area contributed by atoms with E-state index in [4.69, 9.17) is 4.42 Å². The molecule has 0 saturated heterocycles. The zero-order valence-electron chi connectivity index (χ0n) is 19.3. The Hall–Kier alpha value is -3.91. The molecule has 0 saturated carbocycles. The third kappa shape index (κ3) is 4.70. The van der Waals surface area contributed by atoms with Gasteiger partial charge in [0.2, 0.25) is 0 Å². The molecular weight excluding hydrogens is 463 g/mol. The van der Waals surface area contributed by atoms with E-state index in [9.17, 15) is 9.18 Å². The number of aryl methyl sites for hydroxylation is 1. The largest absolute Gasteiger partial charge is 0.467 e. The molecule has 0 aliphatic rings. The second-order valence-electron chi connectivity index (χ2n) is 8.15. The van der Waals surface area contributed by atoms with Gasteiger partial charge in [-0.25, -0.2) is 4.39 Å². The summed E-state index contributed by atoms with van der Waals surface area (Å²) in [7, 11) is 0. The van der Waals surface area contributed by atoms with Crippen LogP contribution in [0, 0.1) is 19.7 Å². The van der Waals surface area contributed by atoms with Crippen LogP contribution in [0.1, 0.15) is 27.5 Å². The molecule has 0 aliphatic heterocycles. The summed E-state index contributed by atoms with van der Waals surface area (Å²) in [6, 6.07) is 21.7. The first kappa shape index (κ1) is 22.9. The van der Waals surface area contributed by atoms with Gasteiger partial charge in [-0.1, -0.05) is 42.1 Å². The zero-order chi connectivity index (χ0) is 24.4. The number of carbonyl (C=O) groups is 1. The number of halogens is 1. The minimum absolute atomic E-state index is 0.00901. The highest BCUT2D eigenvalue weighted by Gasteiger charge is 2.20.